The van der Waals surface area contributed by atoms with Gasteiger partial charge in [0.2, 0.25) is 0 Å². The van der Waals surface area contributed by atoms with Gasteiger partial charge in [0.25, 0.3) is 0 Å². The molecule has 160 valence electrons. The zero-order valence-electron chi connectivity index (χ0n) is 17.3. The van der Waals surface area contributed by atoms with E-state index in [-0.39, 0.29) is 10.8 Å². The lowest BCUT2D eigenvalue weighted by atomic mass is 9.74. The van der Waals surface area contributed by atoms with E-state index in [0.717, 1.165) is 27.1 Å². The first-order valence-corrected chi connectivity index (χ1v) is 13.4. The standard InChI is InChI=1S/C25H24BrNO2S2/c1-13-3-2-4-14(9-13)12-29-19-8-7-17(26)11-18(19)21-20-15-5-6-16(10-15)22(20)30-24-23(21)31-25(28)27-24/h2-4,7-9,11,15-16,20-22H,5-6,10,12H2,1H3,(H,27,28)/t15?,16?,20?,21-,22?/m1/s1. The van der Waals surface area contributed by atoms with Gasteiger partial charge in [0.05, 0.1) is 5.03 Å². The number of aryl methyl sites for hydroxylation is 1. The zero-order valence-corrected chi connectivity index (χ0v) is 20.5. The van der Waals surface area contributed by atoms with Crippen molar-refractivity contribution >= 4 is 39.0 Å². The SMILES string of the molecule is Cc1cccc(COc2ccc(Br)cc2[C@H]2c3sc(=O)[nH]c3SC3C4CCC(C4)C32)c1. The maximum atomic E-state index is 12.3. The van der Waals surface area contributed by atoms with Crippen molar-refractivity contribution in [3.05, 3.63) is 78.2 Å². The molecule has 2 aromatic carbocycles. The molecule has 0 saturated heterocycles. The zero-order chi connectivity index (χ0) is 21.1. The lowest BCUT2D eigenvalue weighted by molar-refractivity contribution is 0.280. The lowest BCUT2D eigenvalue weighted by Gasteiger charge is -2.40. The number of fused-ring (bicyclic) bond motifs is 6. The largest absolute Gasteiger partial charge is 0.489 e. The second kappa shape index (κ2) is 7.82. The smallest absolute Gasteiger partial charge is 0.305 e. The molecule has 5 atom stereocenters. The summed E-state index contributed by atoms with van der Waals surface area (Å²) in [6, 6.07) is 14.9. The van der Waals surface area contributed by atoms with E-state index < -0.39 is 0 Å². The second-order valence-electron chi connectivity index (χ2n) is 9.14. The van der Waals surface area contributed by atoms with Crippen LogP contribution >= 0.6 is 39.0 Å². The summed E-state index contributed by atoms with van der Waals surface area (Å²) in [7, 11) is 0. The first-order valence-electron chi connectivity index (χ1n) is 10.9. The number of aromatic amines is 1. The summed E-state index contributed by atoms with van der Waals surface area (Å²) in [6.07, 6.45) is 4.00. The fourth-order valence-corrected chi connectivity index (χ4v) is 9.32. The van der Waals surface area contributed by atoms with Crippen LogP contribution in [0.5, 0.6) is 5.75 Å². The van der Waals surface area contributed by atoms with Crippen molar-refractivity contribution in [2.24, 2.45) is 17.8 Å². The molecule has 2 bridgehead atoms. The first-order chi connectivity index (χ1) is 15.1. The highest BCUT2D eigenvalue weighted by Crippen LogP contribution is 2.64. The number of benzene rings is 2. The van der Waals surface area contributed by atoms with Gasteiger partial charge in [-0.3, -0.25) is 4.79 Å². The second-order valence-corrected chi connectivity index (χ2v) is 12.3. The molecule has 6 heteroatoms. The van der Waals surface area contributed by atoms with E-state index in [2.05, 4.69) is 70.3 Å². The summed E-state index contributed by atoms with van der Waals surface area (Å²) in [5.41, 5.74) is 3.65. The van der Waals surface area contributed by atoms with Crippen LogP contribution in [0.4, 0.5) is 0 Å². The third kappa shape index (κ3) is 3.51. The van der Waals surface area contributed by atoms with Crippen LogP contribution in [-0.2, 0) is 6.61 Å². The highest BCUT2D eigenvalue weighted by molar-refractivity contribution is 9.10. The first kappa shape index (κ1) is 20.1. The maximum Gasteiger partial charge on any atom is 0.305 e. The molecular weight excluding hydrogens is 490 g/mol. The average molecular weight is 515 g/mol. The molecule has 31 heavy (non-hydrogen) atoms. The Bertz CT molecular complexity index is 1200. The lowest BCUT2D eigenvalue weighted by Crippen LogP contribution is -2.33. The molecule has 6 rings (SSSR count). The molecular formula is C25H24BrNO2S2. The minimum absolute atomic E-state index is 0.0621. The van der Waals surface area contributed by atoms with Crippen LogP contribution in [0.25, 0.3) is 0 Å². The number of H-pyrrole nitrogens is 1. The molecule has 0 spiro atoms. The fourth-order valence-electron chi connectivity index (χ4n) is 6.05. The Morgan fingerprint density at radius 3 is 2.90 bits per heavy atom. The summed E-state index contributed by atoms with van der Waals surface area (Å²) in [5.74, 6) is 3.28. The van der Waals surface area contributed by atoms with Gasteiger partial charge in [0.15, 0.2) is 0 Å². The van der Waals surface area contributed by atoms with Crippen LogP contribution in [0, 0.1) is 24.7 Å². The van der Waals surface area contributed by atoms with Crippen molar-refractivity contribution in [2.75, 3.05) is 0 Å². The molecule has 2 saturated carbocycles. The van der Waals surface area contributed by atoms with Gasteiger partial charge < -0.3 is 9.72 Å². The third-order valence-electron chi connectivity index (χ3n) is 7.25. The number of hydrogen-bond donors (Lipinski definition) is 1. The predicted octanol–water partition coefficient (Wildman–Crippen LogP) is 6.74. The number of halogens is 1. The van der Waals surface area contributed by atoms with Gasteiger partial charge in [-0.2, -0.15) is 0 Å². The van der Waals surface area contributed by atoms with Crippen molar-refractivity contribution in [1.82, 2.24) is 4.98 Å². The van der Waals surface area contributed by atoms with Crippen molar-refractivity contribution < 1.29 is 4.74 Å². The minimum atomic E-state index is 0.0621. The van der Waals surface area contributed by atoms with Crippen LogP contribution in [0.2, 0.25) is 0 Å². The van der Waals surface area contributed by atoms with Crippen molar-refractivity contribution in [3.63, 3.8) is 0 Å². The number of thioether (sulfide) groups is 1. The summed E-state index contributed by atoms with van der Waals surface area (Å²) in [6.45, 7) is 2.66. The molecule has 1 aliphatic heterocycles. The Labute approximate surface area is 198 Å². The summed E-state index contributed by atoms with van der Waals surface area (Å²) >= 11 is 7.03. The third-order valence-corrected chi connectivity index (χ3v) is 10.4. The molecule has 3 aliphatic rings. The summed E-state index contributed by atoms with van der Waals surface area (Å²) < 4.78 is 7.49. The molecule has 4 unspecified atom stereocenters. The minimum Gasteiger partial charge on any atom is -0.489 e. The molecule has 2 aliphatic carbocycles. The molecule has 0 amide bonds. The van der Waals surface area contributed by atoms with E-state index in [9.17, 15) is 4.79 Å². The average Bonchev–Trinajstić information content (AvgIpc) is 3.45. The quantitative estimate of drug-likeness (QED) is 0.419. The monoisotopic (exact) mass is 513 g/mol. The van der Waals surface area contributed by atoms with Gasteiger partial charge in [-0.25, -0.2) is 0 Å². The topological polar surface area (TPSA) is 42.1 Å². The Morgan fingerprint density at radius 2 is 2.03 bits per heavy atom. The van der Waals surface area contributed by atoms with E-state index in [1.165, 1.54) is 52.2 Å². The fraction of sp³-hybridized carbons (Fsp3) is 0.400. The molecule has 3 nitrogen and oxygen atoms in total. The van der Waals surface area contributed by atoms with Crippen LogP contribution in [0.3, 0.4) is 0 Å². The Hall–Kier alpha value is -1.50. The Morgan fingerprint density at radius 1 is 1.16 bits per heavy atom. The summed E-state index contributed by atoms with van der Waals surface area (Å²) in [4.78, 5) is 16.7. The maximum absolute atomic E-state index is 12.3. The number of nitrogens with one attached hydrogen (secondary N) is 1. The molecule has 1 aromatic heterocycles. The molecule has 2 fully saturated rings. The normalized spacial score (nSPS) is 28.4. The molecule has 3 aromatic rings. The van der Waals surface area contributed by atoms with Gasteiger partial charge in [0.1, 0.15) is 12.4 Å². The Kier molecular flexibility index (Phi) is 5.08. The highest BCUT2D eigenvalue weighted by Gasteiger charge is 2.55. The number of ether oxygens (including phenoxy) is 1. The van der Waals surface area contributed by atoms with Gasteiger partial charge in [-0.05, 0) is 67.7 Å². The number of rotatable bonds is 4. The summed E-state index contributed by atoms with van der Waals surface area (Å²) in [5, 5.41) is 1.70. The van der Waals surface area contributed by atoms with E-state index in [1.807, 2.05) is 11.8 Å². The van der Waals surface area contributed by atoms with Crippen LogP contribution < -0.4 is 9.61 Å². The number of hydrogen-bond acceptors (Lipinski definition) is 4. The van der Waals surface area contributed by atoms with Gasteiger partial charge in [0, 0.05) is 26.1 Å². The van der Waals surface area contributed by atoms with Crippen LogP contribution in [-0.4, -0.2) is 10.2 Å². The van der Waals surface area contributed by atoms with Crippen molar-refractivity contribution in [2.45, 2.75) is 49.0 Å². The van der Waals surface area contributed by atoms with Crippen LogP contribution in [0.15, 0.2) is 56.8 Å². The van der Waals surface area contributed by atoms with E-state index in [1.54, 1.807) is 0 Å². The van der Waals surface area contributed by atoms with E-state index >= 15 is 0 Å². The predicted molar refractivity (Wildman–Crippen MR) is 130 cm³/mol. The molecule has 1 N–H and O–H groups in total. The van der Waals surface area contributed by atoms with Gasteiger partial charge in [-0.1, -0.05) is 57.1 Å². The van der Waals surface area contributed by atoms with Crippen molar-refractivity contribution in [3.8, 4) is 5.75 Å². The van der Waals surface area contributed by atoms with E-state index in [0.29, 0.717) is 17.8 Å². The molecule has 2 heterocycles. The van der Waals surface area contributed by atoms with Crippen molar-refractivity contribution in [1.29, 1.82) is 0 Å². The Balaban J connectivity index is 1.42. The van der Waals surface area contributed by atoms with Gasteiger partial charge >= 0.3 is 4.87 Å². The number of thiazole rings is 1. The van der Waals surface area contributed by atoms with Gasteiger partial charge in [-0.15, -0.1) is 11.8 Å². The number of aromatic nitrogens is 1. The molecule has 0 radical (unpaired) electrons. The van der Waals surface area contributed by atoms with Crippen LogP contribution in [0.1, 0.15) is 46.7 Å². The highest BCUT2D eigenvalue weighted by atomic mass is 79.9. The van der Waals surface area contributed by atoms with E-state index in [4.69, 9.17) is 4.74 Å².